The van der Waals surface area contributed by atoms with Crippen molar-refractivity contribution < 1.29 is 34.4 Å². The molecule has 3 heterocycles. The highest BCUT2D eigenvalue weighted by Gasteiger charge is 2.42. The molecule has 0 unspecified atom stereocenters. The van der Waals surface area contributed by atoms with E-state index in [-0.39, 0.29) is 48.3 Å². The minimum absolute atomic E-state index is 0.0497. The number of pyridine rings is 1. The number of aromatic nitrogens is 3. The summed E-state index contributed by atoms with van der Waals surface area (Å²) in [6.45, 7) is 3.45. The van der Waals surface area contributed by atoms with E-state index in [0.29, 0.717) is 56.9 Å². The van der Waals surface area contributed by atoms with Crippen LogP contribution in [0.15, 0.2) is 145 Å². The number of nitrogens with zero attached hydrogens (tertiary/aromatic N) is 3. The van der Waals surface area contributed by atoms with Gasteiger partial charge in [0.25, 0.3) is 5.91 Å². The van der Waals surface area contributed by atoms with Gasteiger partial charge < -0.3 is 40.4 Å². The monoisotopic (exact) mass is 888 g/mol. The van der Waals surface area contributed by atoms with Gasteiger partial charge in [-0.1, -0.05) is 91.0 Å². The number of amides is 1. The second kappa shape index (κ2) is 20.7. The number of aliphatic hydroxyl groups is 2. The molecule has 0 radical (unpaired) electrons. The van der Waals surface area contributed by atoms with Crippen molar-refractivity contribution in [3.8, 4) is 22.6 Å². The number of ether oxygens (including phenoxy) is 2. The van der Waals surface area contributed by atoms with E-state index >= 15 is 0 Å². The van der Waals surface area contributed by atoms with Crippen LogP contribution in [0.2, 0.25) is 0 Å². The Morgan fingerprint density at radius 2 is 1.58 bits per heavy atom. The van der Waals surface area contributed by atoms with Gasteiger partial charge in [0.1, 0.15) is 17.3 Å². The van der Waals surface area contributed by atoms with E-state index in [9.17, 15) is 29.7 Å². The minimum atomic E-state index is -2.06. The smallest absolute Gasteiger partial charge is 0.347 e. The zero-order valence-corrected chi connectivity index (χ0v) is 36.5. The molecular weight excluding hydrogens is 837 g/mol. The lowest BCUT2D eigenvalue weighted by Crippen LogP contribution is -2.40. The number of hydrogen-bond donors (Lipinski definition) is 6. The maximum absolute atomic E-state index is 14.0. The number of methoxy groups -OCH3 is 1. The standard InChI is InChI=1S/C52H52N6O8/c1-65-46-26-37(15-16-38(46)27-53-30-45(60)42-17-19-44(59)49-43(42)18-20-48(61)57-49)50(62)56-31-47-54-28-39(29-55-47)36-11-8-14-41(25-36)52(64,40-12-6-3-7-13-40)51(63)66-33-35-21-23-58(24-22-35)32-34-9-4-2-5-10-34/h2-20,25-26,28-29,35,45,53,59-60,64H,21-24,27,30-33H2,1H3,(H,56,62)(H,57,61)/t45-,52-/m0/s1. The van der Waals surface area contributed by atoms with Gasteiger partial charge in [0.05, 0.1) is 31.9 Å². The number of H-pyrrole nitrogens is 1. The lowest BCUT2D eigenvalue weighted by atomic mass is 9.85. The topological polar surface area (TPSA) is 199 Å². The molecule has 338 valence electrons. The summed E-state index contributed by atoms with van der Waals surface area (Å²) >= 11 is 0. The van der Waals surface area contributed by atoms with Crippen LogP contribution < -0.4 is 20.9 Å². The number of benzene rings is 5. The van der Waals surface area contributed by atoms with Crippen LogP contribution in [0.5, 0.6) is 11.5 Å². The molecule has 1 saturated heterocycles. The van der Waals surface area contributed by atoms with Gasteiger partial charge in [-0.3, -0.25) is 14.5 Å². The quantitative estimate of drug-likeness (QED) is 0.0572. The highest BCUT2D eigenvalue weighted by molar-refractivity contribution is 5.94. The van der Waals surface area contributed by atoms with Crippen LogP contribution in [-0.2, 0) is 34.8 Å². The number of rotatable bonds is 17. The van der Waals surface area contributed by atoms with E-state index in [1.165, 1.54) is 24.8 Å². The molecule has 5 aromatic carbocycles. The number of carbonyl (C=O) groups is 2. The molecule has 1 fully saturated rings. The molecule has 0 bridgehead atoms. The van der Waals surface area contributed by atoms with E-state index in [1.807, 2.05) is 18.2 Å². The molecule has 66 heavy (non-hydrogen) atoms. The SMILES string of the molecule is COc1cc(C(=O)NCc2ncc(-c3cccc([C@](O)(C(=O)OCC4CCN(Cc5ccccc5)CC4)c4ccccc4)c3)cn2)ccc1CNC[C@H](O)c1ccc(O)c2[nH]c(=O)ccc12. The number of phenols is 1. The predicted octanol–water partition coefficient (Wildman–Crippen LogP) is 6.14. The van der Waals surface area contributed by atoms with Gasteiger partial charge >= 0.3 is 5.97 Å². The van der Waals surface area contributed by atoms with Crippen molar-refractivity contribution in [3.63, 3.8) is 0 Å². The third-order valence-corrected chi connectivity index (χ3v) is 12.1. The Hall–Kier alpha value is -7.23. The number of hydrogen-bond acceptors (Lipinski definition) is 12. The van der Waals surface area contributed by atoms with Gasteiger partial charge in [-0.25, -0.2) is 14.8 Å². The van der Waals surface area contributed by atoms with Crippen LogP contribution in [0.3, 0.4) is 0 Å². The van der Waals surface area contributed by atoms with Crippen LogP contribution in [0.4, 0.5) is 0 Å². The number of likely N-dealkylation sites (tertiary alicyclic amines) is 1. The first kappa shape index (κ1) is 45.3. The van der Waals surface area contributed by atoms with Gasteiger partial charge in [0, 0.05) is 65.7 Å². The van der Waals surface area contributed by atoms with Gasteiger partial charge in [0.2, 0.25) is 11.2 Å². The second-order valence-corrected chi connectivity index (χ2v) is 16.5. The third kappa shape index (κ3) is 10.5. The van der Waals surface area contributed by atoms with E-state index in [1.54, 1.807) is 85.2 Å². The number of esters is 1. The Morgan fingerprint density at radius 1 is 0.848 bits per heavy atom. The summed E-state index contributed by atoms with van der Waals surface area (Å²) in [5.41, 5.74) is 2.84. The van der Waals surface area contributed by atoms with E-state index in [0.717, 1.165) is 38.0 Å². The number of phenolic OH excluding ortho intramolecular Hbond substituents is 1. The van der Waals surface area contributed by atoms with Crippen LogP contribution in [0, 0.1) is 5.92 Å². The van der Waals surface area contributed by atoms with Crippen molar-refractivity contribution >= 4 is 22.8 Å². The van der Waals surface area contributed by atoms with Crippen LogP contribution in [0.25, 0.3) is 22.0 Å². The molecule has 2 atom stereocenters. The minimum Gasteiger partial charge on any atom is -0.506 e. The summed E-state index contributed by atoms with van der Waals surface area (Å²) < 4.78 is 11.5. The Labute approximate surface area is 381 Å². The number of aromatic amines is 1. The number of aliphatic hydroxyl groups excluding tert-OH is 1. The third-order valence-electron chi connectivity index (χ3n) is 12.1. The molecule has 7 aromatic rings. The molecule has 14 heteroatoms. The fraction of sp³-hybridized carbons (Fsp3) is 0.250. The summed E-state index contributed by atoms with van der Waals surface area (Å²) in [6, 6.07) is 37.3. The Morgan fingerprint density at radius 3 is 2.32 bits per heavy atom. The molecule has 1 aliphatic heterocycles. The average molecular weight is 889 g/mol. The molecule has 6 N–H and O–H groups in total. The van der Waals surface area contributed by atoms with Crippen molar-refractivity contribution in [2.45, 2.75) is 44.2 Å². The molecule has 0 saturated carbocycles. The van der Waals surface area contributed by atoms with Gasteiger partial charge in [-0.05, 0) is 84.4 Å². The highest BCUT2D eigenvalue weighted by Crippen LogP contribution is 2.35. The lowest BCUT2D eigenvalue weighted by molar-refractivity contribution is -0.164. The molecule has 1 aliphatic rings. The zero-order chi connectivity index (χ0) is 46.0. The molecular formula is C52H52N6O8. The van der Waals surface area contributed by atoms with E-state index in [4.69, 9.17) is 9.47 Å². The molecule has 8 rings (SSSR count). The zero-order valence-electron chi connectivity index (χ0n) is 36.5. The number of fused-ring (bicyclic) bond motifs is 1. The summed E-state index contributed by atoms with van der Waals surface area (Å²) in [7, 11) is 1.51. The summed E-state index contributed by atoms with van der Waals surface area (Å²) in [5.74, 6) is -0.144. The first-order chi connectivity index (χ1) is 32.1. The molecule has 0 spiro atoms. The van der Waals surface area contributed by atoms with Gasteiger partial charge in [0.15, 0.2) is 0 Å². The van der Waals surface area contributed by atoms with Gasteiger partial charge in [-0.15, -0.1) is 0 Å². The fourth-order valence-corrected chi connectivity index (χ4v) is 8.35. The highest BCUT2D eigenvalue weighted by atomic mass is 16.5. The maximum atomic E-state index is 14.0. The first-order valence-electron chi connectivity index (χ1n) is 21.9. The summed E-state index contributed by atoms with van der Waals surface area (Å²) in [6.07, 6.45) is 4.10. The Kier molecular flexibility index (Phi) is 14.2. The van der Waals surface area contributed by atoms with Crippen molar-refractivity contribution in [3.05, 3.63) is 189 Å². The summed E-state index contributed by atoms with van der Waals surface area (Å²) in [4.78, 5) is 53.0. The lowest BCUT2D eigenvalue weighted by Gasteiger charge is -2.33. The largest absolute Gasteiger partial charge is 0.506 e. The fourth-order valence-electron chi connectivity index (χ4n) is 8.35. The number of nitrogens with one attached hydrogen (secondary N) is 3. The molecule has 14 nitrogen and oxygen atoms in total. The second-order valence-electron chi connectivity index (χ2n) is 16.5. The maximum Gasteiger partial charge on any atom is 0.347 e. The molecule has 0 aliphatic carbocycles. The molecule has 2 aromatic heterocycles. The normalized spacial score (nSPS) is 14.6. The summed E-state index contributed by atoms with van der Waals surface area (Å²) in [5, 5.41) is 40.0. The predicted molar refractivity (Wildman–Crippen MR) is 249 cm³/mol. The van der Waals surface area contributed by atoms with E-state index in [2.05, 4.69) is 54.8 Å². The Bertz CT molecular complexity index is 2830. The van der Waals surface area contributed by atoms with Crippen LogP contribution in [-0.4, -0.2) is 80.4 Å². The first-order valence-corrected chi connectivity index (χ1v) is 21.9. The van der Waals surface area contributed by atoms with Crippen molar-refractivity contribution in [2.75, 3.05) is 33.4 Å². The Balaban J connectivity index is 0.863. The van der Waals surface area contributed by atoms with Crippen molar-refractivity contribution in [1.29, 1.82) is 0 Å². The van der Waals surface area contributed by atoms with Crippen molar-refractivity contribution in [1.82, 2.24) is 30.5 Å². The number of aromatic hydroxyl groups is 1. The number of piperidine rings is 1. The van der Waals surface area contributed by atoms with Crippen LogP contribution in [0.1, 0.15) is 62.9 Å². The average Bonchev–Trinajstić information content (AvgIpc) is 3.36. The van der Waals surface area contributed by atoms with E-state index < -0.39 is 17.7 Å². The van der Waals surface area contributed by atoms with Gasteiger partial charge in [-0.2, -0.15) is 0 Å². The number of carbonyl (C=O) groups excluding carboxylic acids is 2. The van der Waals surface area contributed by atoms with Crippen molar-refractivity contribution in [2.24, 2.45) is 5.92 Å². The van der Waals surface area contributed by atoms with Crippen LogP contribution >= 0.6 is 0 Å². The molecule has 1 amide bonds.